The quantitative estimate of drug-likeness (QED) is 0.729. The van der Waals surface area contributed by atoms with E-state index < -0.39 is 5.54 Å². The minimum atomic E-state index is -0.624. The highest BCUT2D eigenvalue weighted by Crippen LogP contribution is 2.36. The summed E-state index contributed by atoms with van der Waals surface area (Å²) >= 11 is 0. The normalized spacial score (nSPS) is 20.0. The lowest BCUT2D eigenvalue weighted by Gasteiger charge is -2.41. The van der Waals surface area contributed by atoms with Gasteiger partial charge in [-0.05, 0) is 62.5 Å². The smallest absolute Gasteiger partial charge is 0.248 e. The van der Waals surface area contributed by atoms with Crippen LogP contribution >= 0.6 is 12.4 Å². The minimum absolute atomic E-state index is 0. The number of halogens is 1. The molecule has 8 heteroatoms. The van der Waals surface area contributed by atoms with Gasteiger partial charge in [-0.25, -0.2) is 0 Å². The van der Waals surface area contributed by atoms with Crippen molar-refractivity contribution in [3.8, 4) is 5.75 Å². The highest BCUT2D eigenvalue weighted by molar-refractivity contribution is 5.85. The Morgan fingerprint density at radius 1 is 1.20 bits per heavy atom. The van der Waals surface area contributed by atoms with Crippen LogP contribution in [0.5, 0.6) is 5.75 Å². The molecule has 164 valence electrons. The highest BCUT2D eigenvalue weighted by Gasteiger charge is 2.43. The molecule has 7 nitrogen and oxygen atoms in total. The Hall–Kier alpha value is -2.09. The van der Waals surface area contributed by atoms with Gasteiger partial charge in [0.1, 0.15) is 11.3 Å². The predicted molar refractivity (Wildman–Crippen MR) is 117 cm³/mol. The van der Waals surface area contributed by atoms with Crippen molar-refractivity contribution >= 4 is 18.3 Å². The summed E-state index contributed by atoms with van der Waals surface area (Å²) in [6, 6.07) is 10.1. The van der Waals surface area contributed by atoms with Gasteiger partial charge >= 0.3 is 0 Å². The van der Waals surface area contributed by atoms with E-state index in [1.165, 1.54) is 5.56 Å². The number of carbonyl (C=O) groups is 1. The fraction of sp³-hybridized carbons (Fsp3) is 0.545. The summed E-state index contributed by atoms with van der Waals surface area (Å²) in [7, 11) is 1.67. The standard InChI is InChI=1S/C22H30N4O3.ClH/c1-28-19-5-3-18(4-6-19)21(9-15-29-16-10-21)17-24-20(27)22(7-12-23-13-8-22)26-14-2-11-25-26;/h2-6,11,14,23H,7-10,12-13,15-17H2,1H3,(H,24,27);1H. The van der Waals surface area contributed by atoms with E-state index in [9.17, 15) is 4.79 Å². The number of nitrogens with one attached hydrogen (secondary N) is 2. The van der Waals surface area contributed by atoms with E-state index in [-0.39, 0.29) is 23.7 Å². The number of hydrogen-bond donors (Lipinski definition) is 2. The van der Waals surface area contributed by atoms with Gasteiger partial charge in [0.25, 0.3) is 0 Å². The average Bonchev–Trinajstić information content (AvgIpc) is 3.34. The zero-order valence-corrected chi connectivity index (χ0v) is 18.2. The third kappa shape index (κ3) is 4.33. The Balaban J connectivity index is 0.00000256. The first-order valence-electron chi connectivity index (χ1n) is 10.4. The Morgan fingerprint density at radius 2 is 1.90 bits per heavy atom. The first-order chi connectivity index (χ1) is 14.2. The van der Waals surface area contributed by atoms with Crippen molar-refractivity contribution in [2.45, 2.75) is 36.6 Å². The lowest BCUT2D eigenvalue weighted by molar-refractivity contribution is -0.132. The maximum Gasteiger partial charge on any atom is 0.248 e. The van der Waals surface area contributed by atoms with Crippen molar-refractivity contribution in [3.05, 3.63) is 48.3 Å². The maximum absolute atomic E-state index is 13.5. The minimum Gasteiger partial charge on any atom is -0.497 e. The van der Waals surface area contributed by atoms with Crippen molar-refractivity contribution in [2.24, 2.45) is 0 Å². The molecule has 30 heavy (non-hydrogen) atoms. The number of rotatable bonds is 6. The first-order valence-corrected chi connectivity index (χ1v) is 10.4. The van der Waals surface area contributed by atoms with Crippen LogP contribution in [0.2, 0.25) is 0 Å². The van der Waals surface area contributed by atoms with Gasteiger partial charge in [0.05, 0.1) is 7.11 Å². The largest absolute Gasteiger partial charge is 0.497 e. The van der Waals surface area contributed by atoms with Crippen LogP contribution in [0, 0.1) is 0 Å². The number of amides is 1. The fourth-order valence-corrected chi connectivity index (χ4v) is 4.61. The number of methoxy groups -OCH3 is 1. The molecule has 0 unspecified atom stereocenters. The lowest BCUT2D eigenvalue weighted by Crippen LogP contribution is -2.56. The second-order valence-electron chi connectivity index (χ2n) is 8.04. The van der Waals surface area contributed by atoms with Gasteiger partial charge in [0.15, 0.2) is 0 Å². The summed E-state index contributed by atoms with van der Waals surface area (Å²) in [5, 5.41) is 11.1. The van der Waals surface area contributed by atoms with E-state index in [0.717, 1.165) is 44.5 Å². The number of ether oxygens (including phenoxy) is 2. The highest BCUT2D eigenvalue weighted by atomic mass is 35.5. The monoisotopic (exact) mass is 434 g/mol. The van der Waals surface area contributed by atoms with Crippen LogP contribution in [0.1, 0.15) is 31.2 Å². The van der Waals surface area contributed by atoms with Crippen molar-refractivity contribution in [1.29, 1.82) is 0 Å². The molecule has 0 radical (unpaired) electrons. The van der Waals surface area contributed by atoms with Crippen molar-refractivity contribution < 1.29 is 14.3 Å². The third-order valence-electron chi connectivity index (χ3n) is 6.54. The number of aromatic nitrogens is 2. The van der Waals surface area contributed by atoms with Gasteiger partial charge in [0, 0.05) is 37.6 Å². The average molecular weight is 435 g/mol. The Morgan fingerprint density at radius 3 is 2.50 bits per heavy atom. The van der Waals surface area contributed by atoms with Gasteiger partial charge in [-0.15, -0.1) is 12.4 Å². The van der Waals surface area contributed by atoms with Crippen LogP contribution in [0.25, 0.3) is 0 Å². The molecule has 2 aliphatic heterocycles. The van der Waals surface area contributed by atoms with E-state index in [1.54, 1.807) is 13.3 Å². The van der Waals surface area contributed by atoms with Crippen LogP contribution < -0.4 is 15.4 Å². The Kier molecular flexibility index (Phi) is 7.39. The van der Waals surface area contributed by atoms with Crippen LogP contribution in [0.4, 0.5) is 0 Å². The third-order valence-corrected chi connectivity index (χ3v) is 6.54. The molecule has 0 aliphatic carbocycles. The molecule has 2 aliphatic rings. The van der Waals surface area contributed by atoms with Gasteiger partial charge in [-0.2, -0.15) is 5.10 Å². The van der Waals surface area contributed by atoms with Crippen molar-refractivity contribution in [2.75, 3.05) is 40.0 Å². The fourth-order valence-electron chi connectivity index (χ4n) is 4.61. The molecule has 1 aromatic carbocycles. The molecule has 2 aromatic rings. The molecule has 2 saturated heterocycles. The number of carbonyl (C=O) groups excluding carboxylic acids is 1. The van der Waals surface area contributed by atoms with Gasteiger partial charge in [0.2, 0.25) is 5.91 Å². The van der Waals surface area contributed by atoms with Gasteiger partial charge in [-0.1, -0.05) is 12.1 Å². The van der Waals surface area contributed by atoms with Gasteiger partial charge in [-0.3, -0.25) is 9.48 Å². The topological polar surface area (TPSA) is 77.4 Å². The zero-order chi connectivity index (χ0) is 20.2. The van der Waals surface area contributed by atoms with E-state index >= 15 is 0 Å². The van der Waals surface area contributed by atoms with E-state index in [1.807, 2.05) is 29.1 Å². The molecule has 0 spiro atoms. The summed E-state index contributed by atoms with van der Waals surface area (Å²) in [4.78, 5) is 13.5. The zero-order valence-electron chi connectivity index (χ0n) is 17.4. The first kappa shape index (κ1) is 22.6. The van der Waals surface area contributed by atoms with E-state index in [0.29, 0.717) is 19.8 Å². The van der Waals surface area contributed by atoms with E-state index in [4.69, 9.17) is 9.47 Å². The molecule has 0 atom stereocenters. The summed E-state index contributed by atoms with van der Waals surface area (Å²) < 4.78 is 12.8. The number of benzene rings is 1. The molecule has 1 amide bonds. The summed E-state index contributed by atoms with van der Waals surface area (Å²) in [5.74, 6) is 0.898. The second kappa shape index (κ2) is 9.81. The second-order valence-corrected chi connectivity index (χ2v) is 8.04. The van der Waals surface area contributed by atoms with Crippen molar-refractivity contribution in [3.63, 3.8) is 0 Å². The van der Waals surface area contributed by atoms with Crippen molar-refractivity contribution in [1.82, 2.24) is 20.4 Å². The van der Waals surface area contributed by atoms with E-state index in [2.05, 4.69) is 27.9 Å². The Labute approximate surface area is 183 Å². The SMILES string of the molecule is COc1ccc(C2(CNC(=O)C3(n4cccn4)CCNCC3)CCOCC2)cc1.Cl. The van der Waals surface area contributed by atoms with Crippen LogP contribution in [0.3, 0.4) is 0 Å². The molecule has 0 bridgehead atoms. The molecule has 2 N–H and O–H groups in total. The number of hydrogen-bond acceptors (Lipinski definition) is 5. The maximum atomic E-state index is 13.5. The molecule has 1 aromatic heterocycles. The van der Waals surface area contributed by atoms with Crippen LogP contribution in [0.15, 0.2) is 42.7 Å². The number of piperidine rings is 1. The molecular formula is C22H31ClN4O3. The summed E-state index contributed by atoms with van der Waals surface area (Å²) in [6.07, 6.45) is 6.89. The van der Waals surface area contributed by atoms with Gasteiger partial charge < -0.3 is 20.1 Å². The molecule has 2 fully saturated rings. The number of nitrogens with zero attached hydrogens (tertiary/aromatic N) is 2. The predicted octanol–water partition coefficient (Wildman–Crippen LogP) is 2.26. The van der Waals surface area contributed by atoms with Crippen LogP contribution in [-0.4, -0.2) is 55.6 Å². The molecule has 4 rings (SSSR count). The molecular weight excluding hydrogens is 404 g/mol. The summed E-state index contributed by atoms with van der Waals surface area (Å²) in [5.41, 5.74) is 0.472. The Bertz CT molecular complexity index is 798. The molecule has 0 saturated carbocycles. The summed E-state index contributed by atoms with van der Waals surface area (Å²) in [6.45, 7) is 3.62. The molecule has 3 heterocycles. The lowest BCUT2D eigenvalue weighted by atomic mass is 9.73. The van der Waals surface area contributed by atoms with Crippen LogP contribution in [-0.2, 0) is 20.5 Å².